The molecular weight excluding hydrogens is 814 g/mol. The van der Waals surface area contributed by atoms with E-state index in [1.54, 1.807) is 32.7 Å². The third-order valence-corrected chi connectivity index (χ3v) is 13.5. The molecule has 2 saturated heterocycles. The predicted molar refractivity (Wildman–Crippen MR) is 226 cm³/mol. The van der Waals surface area contributed by atoms with Crippen LogP contribution in [0.25, 0.3) is 0 Å². The molecule has 18 heteroatoms. The average molecular weight is 862 g/mol. The number of aromatic amines is 2. The number of methoxy groups -OCH3 is 2. The second-order valence-electron chi connectivity index (χ2n) is 14.8. The smallest absolute Gasteiger partial charge is 0.330 e. The van der Waals surface area contributed by atoms with E-state index in [9.17, 15) is 24.1 Å². The monoisotopic (exact) mass is 861 g/mol. The molecule has 60 heavy (non-hydrogen) atoms. The van der Waals surface area contributed by atoms with Gasteiger partial charge in [0.25, 0.3) is 17.8 Å². The van der Waals surface area contributed by atoms with Crippen LogP contribution >= 0.6 is 6.64 Å². The van der Waals surface area contributed by atoms with Gasteiger partial charge in [0.15, 0.2) is 6.23 Å². The van der Waals surface area contributed by atoms with Crippen LogP contribution in [-0.2, 0) is 36.1 Å². The molecule has 2 aliphatic rings. The number of ether oxygens (including phenoxy) is 5. The van der Waals surface area contributed by atoms with Crippen molar-refractivity contribution in [3.05, 3.63) is 161 Å². The number of nitrogens with zero attached hydrogens (tertiary/aromatic N) is 3. The van der Waals surface area contributed by atoms with E-state index in [1.807, 2.05) is 85.8 Å². The number of aromatic nitrogens is 4. The topological polar surface area (TPSA) is 189 Å². The van der Waals surface area contributed by atoms with Gasteiger partial charge in [-0.1, -0.05) is 61.5 Å². The molecule has 3 N–H and O–H groups in total. The number of benzene rings is 3. The molecule has 2 aliphatic heterocycles. The third-order valence-electron chi connectivity index (χ3n) is 10.9. The Hall–Kier alpha value is -4.97. The minimum atomic E-state index is -3.83. The minimum absolute atomic E-state index is 0.0121. The molecule has 4 heterocycles. The second-order valence-corrected chi connectivity index (χ2v) is 18.0. The van der Waals surface area contributed by atoms with Crippen molar-refractivity contribution in [2.45, 2.75) is 70.0 Å². The molecule has 0 radical (unpaired) electrons. The molecule has 16 nitrogen and oxygen atoms in total. The minimum Gasteiger partial charge on any atom is -0.497 e. The number of hydrogen-bond acceptors (Lipinski definition) is 11. The summed E-state index contributed by atoms with van der Waals surface area (Å²) < 4.78 is 41.8. The zero-order valence-corrected chi connectivity index (χ0v) is 35.5. The lowest BCUT2D eigenvalue weighted by Gasteiger charge is -2.41. The molecule has 0 amide bonds. The quantitative estimate of drug-likeness (QED) is 0.106. The largest absolute Gasteiger partial charge is 0.497 e. The summed E-state index contributed by atoms with van der Waals surface area (Å²) in [6, 6.07) is 24.8. The third kappa shape index (κ3) is 8.76. The van der Waals surface area contributed by atoms with E-state index in [0.717, 1.165) is 16.7 Å². The Morgan fingerprint density at radius 3 is 1.80 bits per heavy atom. The standard InChI is InChI=1S/C42H48N5O11PS/c1-6-31-23-45(24-37(56-31)47-22-27(3)39(49)44-41(47)51)59(52,60)55-25-35-34(20-36(57-35)46-21-26(2)38(48)43-40(46)50)58-42(28-10-8-7-9-11-28,29-12-16-32(53-4)17-13-29)30-14-18-33(54-5)19-15-30/h7-19,21-22,31,34-37H,6,20,23-25H2,1-5H3,(H,52,60)(H,43,48,50)(H,44,49,51)/t31-,34?,35-,36-,37-,59?/m1/s1. The maximum Gasteiger partial charge on any atom is 0.330 e. The van der Waals surface area contributed by atoms with Crippen molar-refractivity contribution in [1.82, 2.24) is 23.8 Å². The van der Waals surface area contributed by atoms with E-state index in [1.165, 1.54) is 21.5 Å². The molecule has 0 bridgehead atoms. The number of aryl methyl sites for hydroxylation is 2. The summed E-state index contributed by atoms with van der Waals surface area (Å²) >= 11 is 5.84. The van der Waals surface area contributed by atoms with Crippen LogP contribution in [0.4, 0.5) is 0 Å². The molecule has 0 saturated carbocycles. The van der Waals surface area contributed by atoms with E-state index in [2.05, 4.69) is 9.97 Å². The van der Waals surface area contributed by atoms with Gasteiger partial charge < -0.3 is 33.1 Å². The van der Waals surface area contributed by atoms with Crippen molar-refractivity contribution in [3.8, 4) is 11.5 Å². The van der Waals surface area contributed by atoms with Crippen molar-refractivity contribution >= 4 is 18.4 Å². The summed E-state index contributed by atoms with van der Waals surface area (Å²) in [6.07, 6.45) is -0.458. The highest BCUT2D eigenvalue weighted by molar-refractivity contribution is 8.08. The van der Waals surface area contributed by atoms with Gasteiger partial charge in [0.2, 0.25) is 0 Å². The van der Waals surface area contributed by atoms with E-state index in [4.69, 9.17) is 40.0 Å². The molecule has 0 aliphatic carbocycles. The van der Waals surface area contributed by atoms with Crippen molar-refractivity contribution < 1.29 is 33.1 Å². The van der Waals surface area contributed by atoms with Gasteiger partial charge in [-0.25, -0.2) is 14.3 Å². The van der Waals surface area contributed by atoms with Crippen molar-refractivity contribution in [2.24, 2.45) is 0 Å². The zero-order valence-electron chi connectivity index (χ0n) is 33.8. The van der Waals surface area contributed by atoms with E-state index in [0.29, 0.717) is 29.0 Å². The number of H-pyrrole nitrogens is 2. The fourth-order valence-corrected chi connectivity index (χ4v) is 9.46. The summed E-state index contributed by atoms with van der Waals surface area (Å²) in [6.45, 7) is 1.19. The molecule has 3 aromatic carbocycles. The molecule has 5 aromatic rings. The van der Waals surface area contributed by atoms with E-state index < -0.39 is 65.5 Å². The number of hydrogen-bond donors (Lipinski definition) is 3. The van der Waals surface area contributed by atoms with E-state index in [-0.39, 0.29) is 26.1 Å². The molecule has 2 fully saturated rings. The van der Waals surface area contributed by atoms with Crippen molar-refractivity contribution in [3.63, 3.8) is 0 Å². The van der Waals surface area contributed by atoms with Crippen LogP contribution in [-0.4, -0.2) is 80.9 Å². The van der Waals surface area contributed by atoms with Crippen molar-refractivity contribution in [2.75, 3.05) is 33.9 Å². The second kappa shape index (κ2) is 17.9. The van der Waals surface area contributed by atoms with Gasteiger partial charge in [-0.05, 0) is 73.0 Å². The molecular formula is C42H48N5O11PS. The number of rotatable bonds is 14. The highest BCUT2D eigenvalue weighted by atomic mass is 32.5. The van der Waals surface area contributed by atoms with Gasteiger partial charge in [-0.15, -0.1) is 0 Å². The SMILES string of the molecule is CC[C@@H]1CN(P(O)(=S)OC[C@H]2O[C@@H](n3cc(C)c(=O)[nH]c3=O)CC2OC(c2ccccc2)(c2ccc(OC)cc2)c2ccc(OC)cc2)C[C@H](n2cc(C)c(=O)[nH]c2=O)O1. The number of morpholine rings is 1. The fraction of sp³-hybridized carbons (Fsp3) is 0.381. The maximum atomic E-state index is 13.3. The van der Waals surface area contributed by atoms with Gasteiger partial charge in [-0.2, -0.15) is 0 Å². The average Bonchev–Trinajstić information content (AvgIpc) is 3.66. The summed E-state index contributed by atoms with van der Waals surface area (Å²) in [5.41, 5.74) is -0.727. The highest BCUT2D eigenvalue weighted by Gasteiger charge is 2.47. The lowest BCUT2D eigenvalue weighted by Crippen LogP contribution is -2.47. The van der Waals surface area contributed by atoms with E-state index >= 15 is 0 Å². The molecule has 0 spiro atoms. The number of nitrogens with one attached hydrogen (secondary N) is 2. The van der Waals surface area contributed by atoms with Gasteiger partial charge in [0.05, 0.1) is 39.6 Å². The van der Waals surface area contributed by atoms with Crippen LogP contribution in [0.2, 0.25) is 0 Å². The van der Waals surface area contributed by atoms with Crippen LogP contribution in [0, 0.1) is 13.8 Å². The molecule has 318 valence electrons. The van der Waals surface area contributed by atoms with Gasteiger partial charge in [0.1, 0.15) is 29.4 Å². The van der Waals surface area contributed by atoms with Crippen LogP contribution in [0.1, 0.15) is 60.0 Å². The Balaban J connectivity index is 1.28. The molecule has 7 rings (SSSR count). The Morgan fingerprint density at radius 1 is 0.767 bits per heavy atom. The molecule has 2 aromatic heterocycles. The normalized spacial score (nSPS) is 22.0. The zero-order chi connectivity index (χ0) is 42.8. The van der Waals surface area contributed by atoms with Crippen molar-refractivity contribution in [1.29, 1.82) is 0 Å². The summed E-state index contributed by atoms with van der Waals surface area (Å²) in [7, 11) is 3.18. The summed E-state index contributed by atoms with van der Waals surface area (Å²) in [5, 5.41) is 0. The highest BCUT2D eigenvalue weighted by Crippen LogP contribution is 2.51. The Labute approximate surface area is 350 Å². The Morgan fingerprint density at radius 2 is 1.28 bits per heavy atom. The lowest BCUT2D eigenvalue weighted by molar-refractivity contribution is -0.111. The van der Waals surface area contributed by atoms with Crippen LogP contribution in [0.3, 0.4) is 0 Å². The first-order valence-corrected chi connectivity index (χ1v) is 22.1. The first kappa shape index (κ1) is 43.1. The van der Waals surface area contributed by atoms with Gasteiger partial charge in [0, 0.05) is 36.5 Å². The Bertz CT molecular complexity index is 2530. The summed E-state index contributed by atoms with van der Waals surface area (Å²) in [5.74, 6) is 1.28. The van der Waals surface area contributed by atoms with Gasteiger partial charge in [-0.3, -0.25) is 28.7 Å². The van der Waals surface area contributed by atoms with Gasteiger partial charge >= 0.3 is 11.4 Å². The Kier molecular flexibility index (Phi) is 12.9. The molecule has 2 unspecified atom stereocenters. The molecule has 6 atom stereocenters. The first-order chi connectivity index (χ1) is 28.8. The predicted octanol–water partition coefficient (Wildman–Crippen LogP) is 4.23. The van der Waals surface area contributed by atoms with Crippen LogP contribution in [0.15, 0.2) is 110 Å². The first-order valence-electron chi connectivity index (χ1n) is 19.5. The van der Waals surface area contributed by atoms with Crippen LogP contribution < -0.4 is 32.0 Å². The lowest BCUT2D eigenvalue weighted by atomic mass is 9.79. The fourth-order valence-electron chi connectivity index (χ4n) is 7.64. The summed E-state index contributed by atoms with van der Waals surface area (Å²) in [4.78, 5) is 67.4. The van der Waals surface area contributed by atoms with Crippen LogP contribution in [0.5, 0.6) is 11.5 Å². The maximum absolute atomic E-state index is 13.3.